The van der Waals surface area contributed by atoms with E-state index in [-0.39, 0.29) is 0 Å². The Kier molecular flexibility index (Phi) is 4.20. The Morgan fingerprint density at radius 2 is 1.80 bits per heavy atom. The Balaban J connectivity index is 2.20. The number of nitrogens with zero attached hydrogens (tertiary/aromatic N) is 2. The highest BCUT2D eigenvalue weighted by atomic mass is 35.5. The topological polar surface area (TPSA) is 77.8 Å². The van der Waals surface area contributed by atoms with Crippen LogP contribution < -0.4 is 16.0 Å². The molecule has 0 unspecified atom stereocenters. The van der Waals surface area contributed by atoms with Crippen molar-refractivity contribution in [2.75, 3.05) is 5.32 Å². The highest BCUT2D eigenvalue weighted by molar-refractivity contribution is 6.31. The second kappa shape index (κ2) is 5.88. The third-order valence-electron chi connectivity index (χ3n) is 2.68. The van der Waals surface area contributed by atoms with Crippen molar-refractivity contribution in [2.24, 2.45) is 5.73 Å². The number of anilines is 1. The van der Waals surface area contributed by atoms with Crippen molar-refractivity contribution in [2.45, 2.75) is 20.8 Å². The van der Waals surface area contributed by atoms with Gasteiger partial charge in [0.15, 0.2) is 0 Å². The molecule has 104 valence electrons. The maximum atomic E-state index is 6.06. The summed E-state index contributed by atoms with van der Waals surface area (Å²) < 4.78 is 0. The van der Waals surface area contributed by atoms with Crippen molar-refractivity contribution in [3.63, 3.8) is 0 Å². The van der Waals surface area contributed by atoms with Gasteiger partial charge in [-0.2, -0.15) is 0 Å². The first-order chi connectivity index (χ1) is 9.44. The zero-order valence-electron chi connectivity index (χ0n) is 11.7. The number of rotatable bonds is 2. The van der Waals surface area contributed by atoms with Crippen molar-refractivity contribution in [1.82, 2.24) is 9.97 Å². The Morgan fingerprint density at radius 3 is 2.40 bits per heavy atom. The van der Waals surface area contributed by atoms with Crippen LogP contribution in [0.5, 0.6) is 0 Å². The minimum absolute atomic E-state index is 0.343. The lowest BCUT2D eigenvalue weighted by Gasteiger charge is -2.03. The van der Waals surface area contributed by atoms with Crippen LogP contribution in [0, 0.1) is 20.8 Å². The average Bonchev–Trinajstić information content (AvgIpc) is 2.32. The number of benzene rings is 1. The summed E-state index contributed by atoms with van der Waals surface area (Å²) in [5, 5.41) is 3.70. The average molecular weight is 291 g/mol. The Hall–Kier alpha value is -2.14. The van der Waals surface area contributed by atoms with Crippen molar-refractivity contribution < 1.29 is 4.99 Å². The molecule has 1 heterocycles. The summed E-state index contributed by atoms with van der Waals surface area (Å²) in [5.74, 6) is 0.806. The molecule has 0 bridgehead atoms. The van der Waals surface area contributed by atoms with Gasteiger partial charge in [0.05, 0.1) is 17.1 Å². The van der Waals surface area contributed by atoms with Crippen molar-refractivity contribution in [3.05, 3.63) is 46.2 Å². The number of aromatic nitrogens is 2. The molecule has 0 radical (unpaired) electrons. The molecule has 2 aromatic rings. The van der Waals surface area contributed by atoms with Crippen molar-refractivity contribution in [1.29, 1.82) is 0 Å². The molecule has 0 fully saturated rings. The van der Waals surface area contributed by atoms with E-state index in [1.54, 1.807) is 0 Å². The SMILES string of the molecule is Cc1cc(C)nc([NH+]=C(N)Nc2ccc(C)c(Cl)c2)n1. The van der Waals surface area contributed by atoms with E-state index in [0.29, 0.717) is 16.9 Å². The molecule has 0 spiro atoms. The van der Waals surface area contributed by atoms with Gasteiger partial charge in [-0.3, -0.25) is 5.32 Å². The fraction of sp³-hybridized carbons (Fsp3) is 0.214. The summed E-state index contributed by atoms with van der Waals surface area (Å²) in [6.07, 6.45) is 0. The lowest BCUT2D eigenvalue weighted by atomic mass is 10.2. The van der Waals surface area contributed by atoms with Crippen LogP contribution in [0.4, 0.5) is 11.6 Å². The number of nitrogens with one attached hydrogen (secondary N) is 2. The van der Waals surface area contributed by atoms with Gasteiger partial charge in [-0.1, -0.05) is 17.7 Å². The smallest absolute Gasteiger partial charge is 0.322 e. The second-order valence-electron chi connectivity index (χ2n) is 4.60. The maximum Gasteiger partial charge on any atom is 0.354 e. The fourth-order valence-corrected chi connectivity index (χ4v) is 1.94. The van der Waals surface area contributed by atoms with E-state index in [1.165, 1.54) is 0 Å². The molecule has 0 atom stereocenters. The van der Waals surface area contributed by atoms with E-state index in [0.717, 1.165) is 22.6 Å². The normalized spacial score (nSPS) is 11.5. The van der Waals surface area contributed by atoms with Crippen LogP contribution in [-0.2, 0) is 0 Å². The van der Waals surface area contributed by atoms with Crippen molar-refractivity contribution in [3.8, 4) is 0 Å². The molecule has 0 aliphatic rings. The van der Waals surface area contributed by atoms with Crippen LogP contribution in [0.1, 0.15) is 17.0 Å². The summed E-state index contributed by atoms with van der Waals surface area (Å²) in [6, 6.07) is 7.53. The number of guanidine groups is 1. The summed E-state index contributed by atoms with van der Waals surface area (Å²) in [4.78, 5) is 11.4. The second-order valence-corrected chi connectivity index (χ2v) is 5.01. The highest BCUT2D eigenvalue weighted by Gasteiger charge is 2.06. The molecule has 0 saturated heterocycles. The zero-order chi connectivity index (χ0) is 14.7. The molecule has 0 aliphatic heterocycles. The zero-order valence-corrected chi connectivity index (χ0v) is 12.4. The lowest BCUT2D eigenvalue weighted by molar-refractivity contribution is -0.365. The van der Waals surface area contributed by atoms with Gasteiger partial charge in [0, 0.05) is 11.1 Å². The molecule has 20 heavy (non-hydrogen) atoms. The molecule has 2 rings (SSSR count). The first kappa shape index (κ1) is 14.3. The van der Waals surface area contributed by atoms with E-state index in [4.69, 9.17) is 17.3 Å². The van der Waals surface area contributed by atoms with E-state index in [1.807, 2.05) is 45.0 Å². The third-order valence-corrected chi connectivity index (χ3v) is 3.09. The number of aryl methyl sites for hydroxylation is 3. The molecule has 1 aromatic carbocycles. The molecular formula is C14H17ClN5+. The fourth-order valence-electron chi connectivity index (χ4n) is 1.76. The summed E-state index contributed by atoms with van der Waals surface area (Å²) >= 11 is 6.06. The van der Waals surface area contributed by atoms with Crippen LogP contribution >= 0.6 is 11.6 Å². The minimum Gasteiger partial charge on any atom is -0.322 e. The Morgan fingerprint density at radius 1 is 1.15 bits per heavy atom. The molecule has 4 N–H and O–H groups in total. The van der Waals surface area contributed by atoms with Gasteiger partial charge in [-0.05, 0) is 38.5 Å². The van der Waals surface area contributed by atoms with Crippen molar-refractivity contribution >= 4 is 29.2 Å². The van der Waals surface area contributed by atoms with Crippen LogP contribution in [0.3, 0.4) is 0 Å². The largest absolute Gasteiger partial charge is 0.354 e. The van der Waals surface area contributed by atoms with Gasteiger partial charge in [0.25, 0.3) is 5.96 Å². The predicted molar refractivity (Wildman–Crippen MR) is 81.1 cm³/mol. The summed E-state index contributed by atoms with van der Waals surface area (Å²) in [6.45, 7) is 5.76. The number of hydrogen-bond donors (Lipinski definition) is 3. The van der Waals surface area contributed by atoms with E-state index < -0.39 is 0 Å². The van der Waals surface area contributed by atoms with Gasteiger partial charge in [-0.25, -0.2) is 4.99 Å². The van der Waals surface area contributed by atoms with E-state index >= 15 is 0 Å². The summed E-state index contributed by atoms with van der Waals surface area (Å²) in [7, 11) is 0. The van der Waals surface area contributed by atoms with Crippen LogP contribution in [0.25, 0.3) is 0 Å². The number of halogens is 1. The molecule has 1 aromatic heterocycles. The minimum atomic E-state index is 0.343. The first-order valence-corrected chi connectivity index (χ1v) is 6.57. The van der Waals surface area contributed by atoms with Crippen LogP contribution in [0.2, 0.25) is 5.02 Å². The van der Waals surface area contributed by atoms with Crippen LogP contribution in [-0.4, -0.2) is 15.9 Å². The quantitative estimate of drug-likeness (QED) is 0.574. The van der Waals surface area contributed by atoms with Gasteiger partial charge in [0.1, 0.15) is 0 Å². The molecule has 0 aliphatic carbocycles. The van der Waals surface area contributed by atoms with Gasteiger partial charge in [-0.15, -0.1) is 9.97 Å². The van der Waals surface area contributed by atoms with Gasteiger partial charge >= 0.3 is 5.95 Å². The Labute approximate surface area is 122 Å². The highest BCUT2D eigenvalue weighted by Crippen LogP contribution is 2.19. The standard InChI is InChI=1S/C14H16ClN5/c1-8-4-5-11(7-12(8)15)19-13(16)20-14-17-9(2)6-10(3)18-14/h4-7H,1-3H3,(H3,16,17,18,19,20)/p+1. The van der Waals surface area contributed by atoms with Gasteiger partial charge in [0.2, 0.25) is 0 Å². The monoisotopic (exact) mass is 290 g/mol. The Bertz CT molecular complexity index is 646. The number of hydrogen-bond acceptors (Lipinski definition) is 2. The van der Waals surface area contributed by atoms with Crippen LogP contribution in [0.15, 0.2) is 24.3 Å². The lowest BCUT2D eigenvalue weighted by Crippen LogP contribution is -2.72. The predicted octanol–water partition coefficient (Wildman–Crippen LogP) is 1.19. The van der Waals surface area contributed by atoms with E-state index in [9.17, 15) is 0 Å². The van der Waals surface area contributed by atoms with Gasteiger partial charge < -0.3 is 5.73 Å². The molecule has 0 amide bonds. The number of nitrogens with two attached hydrogens (primary N) is 1. The van der Waals surface area contributed by atoms with E-state index in [2.05, 4.69) is 20.3 Å². The molecule has 5 nitrogen and oxygen atoms in total. The maximum absolute atomic E-state index is 6.06. The molecule has 6 heteroatoms. The molecule has 0 saturated carbocycles. The molecular weight excluding hydrogens is 274 g/mol. The summed E-state index contributed by atoms with van der Waals surface area (Å²) in [5.41, 5.74) is 9.47. The first-order valence-electron chi connectivity index (χ1n) is 6.19. The third kappa shape index (κ3) is 3.68.